The van der Waals surface area contributed by atoms with Crippen molar-refractivity contribution >= 4 is 16.7 Å². The van der Waals surface area contributed by atoms with Crippen molar-refractivity contribution < 1.29 is 4.79 Å². The van der Waals surface area contributed by atoms with Crippen molar-refractivity contribution in [1.29, 1.82) is 0 Å². The van der Waals surface area contributed by atoms with Gasteiger partial charge in [-0.15, -0.1) is 0 Å². The highest BCUT2D eigenvalue weighted by Crippen LogP contribution is 2.30. The number of ketones is 1. The number of aromatic amines is 1. The Balaban J connectivity index is 2.03. The molecule has 3 heteroatoms. The van der Waals surface area contributed by atoms with Gasteiger partial charge in [0.15, 0.2) is 0 Å². The molecule has 1 saturated carbocycles. The standard InChI is InChI=1S/C15H15NO2/c17-12-7-5-10(6-8-12)13-9-11-3-1-2-4-14(11)16-15(13)18/h1-4,9-10H,5-8H2,(H,16,18). The van der Waals surface area contributed by atoms with Crippen molar-refractivity contribution in [3.05, 3.63) is 46.2 Å². The lowest BCUT2D eigenvalue weighted by atomic mass is 9.83. The van der Waals surface area contributed by atoms with Crippen LogP contribution in [-0.4, -0.2) is 10.8 Å². The zero-order chi connectivity index (χ0) is 12.5. The van der Waals surface area contributed by atoms with Crippen molar-refractivity contribution in [2.45, 2.75) is 31.6 Å². The molecule has 0 unspecified atom stereocenters. The van der Waals surface area contributed by atoms with Crippen LogP contribution in [0.2, 0.25) is 0 Å². The van der Waals surface area contributed by atoms with Crippen LogP contribution in [0.25, 0.3) is 10.9 Å². The minimum absolute atomic E-state index is 0.00644. The molecular weight excluding hydrogens is 226 g/mol. The molecule has 3 nitrogen and oxygen atoms in total. The number of hydrogen-bond donors (Lipinski definition) is 1. The normalized spacial score (nSPS) is 17.2. The second-order valence-electron chi connectivity index (χ2n) is 4.95. The number of aromatic nitrogens is 1. The summed E-state index contributed by atoms with van der Waals surface area (Å²) in [4.78, 5) is 26.3. The third-order valence-corrected chi connectivity index (χ3v) is 3.77. The van der Waals surface area contributed by atoms with Crippen LogP contribution in [0.3, 0.4) is 0 Å². The topological polar surface area (TPSA) is 49.9 Å². The molecule has 1 aromatic carbocycles. The first-order valence-corrected chi connectivity index (χ1v) is 6.38. The average Bonchev–Trinajstić information content (AvgIpc) is 2.39. The molecule has 0 radical (unpaired) electrons. The van der Waals surface area contributed by atoms with Crippen LogP contribution in [0.1, 0.15) is 37.2 Å². The van der Waals surface area contributed by atoms with Crippen LogP contribution in [0, 0.1) is 0 Å². The number of hydrogen-bond acceptors (Lipinski definition) is 2. The number of benzene rings is 1. The molecule has 92 valence electrons. The summed E-state index contributed by atoms with van der Waals surface area (Å²) in [6.45, 7) is 0. The first-order chi connectivity index (χ1) is 8.74. The van der Waals surface area contributed by atoms with Gasteiger partial charge in [0.2, 0.25) is 0 Å². The van der Waals surface area contributed by atoms with Gasteiger partial charge in [-0.25, -0.2) is 0 Å². The third kappa shape index (κ3) is 1.96. The fourth-order valence-corrected chi connectivity index (χ4v) is 2.72. The van der Waals surface area contributed by atoms with Crippen molar-refractivity contribution in [2.75, 3.05) is 0 Å². The molecule has 18 heavy (non-hydrogen) atoms. The number of H-pyrrole nitrogens is 1. The highest BCUT2D eigenvalue weighted by atomic mass is 16.1. The van der Waals surface area contributed by atoms with Gasteiger partial charge in [0.1, 0.15) is 5.78 Å². The quantitative estimate of drug-likeness (QED) is 0.834. The van der Waals surface area contributed by atoms with E-state index < -0.39 is 0 Å². The van der Waals surface area contributed by atoms with Gasteiger partial charge in [0, 0.05) is 23.9 Å². The molecule has 1 aliphatic rings. The van der Waals surface area contributed by atoms with Crippen molar-refractivity contribution in [3.63, 3.8) is 0 Å². The minimum Gasteiger partial charge on any atom is -0.322 e. The van der Waals surface area contributed by atoms with Gasteiger partial charge in [-0.2, -0.15) is 0 Å². The highest BCUT2D eigenvalue weighted by Gasteiger charge is 2.22. The van der Waals surface area contributed by atoms with E-state index >= 15 is 0 Å². The maximum absolute atomic E-state index is 12.1. The molecule has 0 aliphatic heterocycles. The number of carbonyl (C=O) groups excluding carboxylic acids is 1. The number of carbonyl (C=O) groups is 1. The number of fused-ring (bicyclic) bond motifs is 1. The van der Waals surface area contributed by atoms with Gasteiger partial charge in [-0.1, -0.05) is 18.2 Å². The Labute approximate surface area is 105 Å². The predicted molar refractivity (Wildman–Crippen MR) is 70.8 cm³/mol. The van der Waals surface area contributed by atoms with E-state index in [-0.39, 0.29) is 11.5 Å². The van der Waals surface area contributed by atoms with Crippen LogP contribution in [-0.2, 0) is 4.79 Å². The molecule has 0 atom stereocenters. The fourth-order valence-electron chi connectivity index (χ4n) is 2.72. The van der Waals surface area contributed by atoms with E-state index in [0.29, 0.717) is 18.6 Å². The number of para-hydroxylation sites is 1. The molecule has 1 N–H and O–H groups in total. The molecule has 3 rings (SSSR count). The number of nitrogens with one attached hydrogen (secondary N) is 1. The smallest absolute Gasteiger partial charge is 0.251 e. The lowest BCUT2D eigenvalue weighted by Gasteiger charge is -2.20. The summed E-state index contributed by atoms with van der Waals surface area (Å²) in [6.07, 6.45) is 2.83. The van der Waals surface area contributed by atoms with Gasteiger partial charge in [0.05, 0.1) is 0 Å². The average molecular weight is 241 g/mol. The predicted octanol–water partition coefficient (Wildman–Crippen LogP) is 2.75. The molecule has 0 amide bonds. The monoisotopic (exact) mass is 241 g/mol. The summed E-state index contributed by atoms with van der Waals surface area (Å²) in [5, 5.41) is 1.06. The van der Waals surface area contributed by atoms with Crippen LogP contribution >= 0.6 is 0 Å². The molecule has 0 bridgehead atoms. The van der Waals surface area contributed by atoms with E-state index in [1.165, 1.54) is 0 Å². The molecule has 1 fully saturated rings. The van der Waals surface area contributed by atoms with Crippen LogP contribution in [0.5, 0.6) is 0 Å². The second kappa shape index (κ2) is 4.41. The first-order valence-electron chi connectivity index (χ1n) is 6.38. The summed E-state index contributed by atoms with van der Waals surface area (Å²) >= 11 is 0. The van der Waals surface area contributed by atoms with E-state index in [2.05, 4.69) is 4.98 Å². The lowest BCUT2D eigenvalue weighted by Crippen LogP contribution is -2.20. The fraction of sp³-hybridized carbons (Fsp3) is 0.333. The second-order valence-corrected chi connectivity index (χ2v) is 4.95. The SMILES string of the molecule is O=C1CCC(c2cc3ccccc3[nH]c2=O)CC1. The van der Waals surface area contributed by atoms with E-state index in [1.54, 1.807) is 0 Å². The summed E-state index contributed by atoms with van der Waals surface area (Å²) in [6, 6.07) is 9.77. The molecule has 1 aromatic heterocycles. The number of Topliss-reactive ketones (excluding diaryl/α,β-unsaturated/α-hetero) is 1. The van der Waals surface area contributed by atoms with E-state index in [4.69, 9.17) is 0 Å². The van der Waals surface area contributed by atoms with Gasteiger partial charge in [-0.05, 0) is 36.3 Å². The Morgan fingerprint density at radius 1 is 1.06 bits per heavy atom. The Kier molecular flexibility index (Phi) is 2.74. The summed E-state index contributed by atoms with van der Waals surface area (Å²) < 4.78 is 0. The Morgan fingerprint density at radius 3 is 2.56 bits per heavy atom. The van der Waals surface area contributed by atoms with Crippen molar-refractivity contribution in [3.8, 4) is 0 Å². The van der Waals surface area contributed by atoms with Crippen LogP contribution in [0.15, 0.2) is 35.1 Å². The Hall–Kier alpha value is -1.90. The maximum atomic E-state index is 12.1. The van der Waals surface area contributed by atoms with Gasteiger partial charge in [-0.3, -0.25) is 9.59 Å². The van der Waals surface area contributed by atoms with E-state index in [9.17, 15) is 9.59 Å². The molecule has 1 aliphatic carbocycles. The van der Waals surface area contributed by atoms with Crippen molar-refractivity contribution in [1.82, 2.24) is 4.98 Å². The largest absolute Gasteiger partial charge is 0.322 e. The first kappa shape index (κ1) is 11.2. The zero-order valence-electron chi connectivity index (χ0n) is 10.1. The van der Waals surface area contributed by atoms with E-state index in [0.717, 1.165) is 29.3 Å². The third-order valence-electron chi connectivity index (χ3n) is 3.77. The highest BCUT2D eigenvalue weighted by molar-refractivity contribution is 5.80. The molecule has 0 spiro atoms. The molecule has 2 aromatic rings. The molecular formula is C15H15NO2. The van der Waals surface area contributed by atoms with Crippen LogP contribution in [0.4, 0.5) is 0 Å². The zero-order valence-corrected chi connectivity index (χ0v) is 10.1. The Bertz CT molecular complexity index is 647. The molecule has 1 heterocycles. The Morgan fingerprint density at radius 2 is 1.78 bits per heavy atom. The van der Waals surface area contributed by atoms with Gasteiger partial charge >= 0.3 is 0 Å². The summed E-state index contributed by atoms with van der Waals surface area (Å²) in [7, 11) is 0. The van der Waals surface area contributed by atoms with Crippen molar-refractivity contribution in [2.24, 2.45) is 0 Å². The maximum Gasteiger partial charge on any atom is 0.251 e. The van der Waals surface area contributed by atoms with Gasteiger partial charge < -0.3 is 4.98 Å². The van der Waals surface area contributed by atoms with Gasteiger partial charge in [0.25, 0.3) is 5.56 Å². The summed E-state index contributed by atoms with van der Waals surface area (Å²) in [5.74, 6) is 0.555. The minimum atomic E-state index is -0.00644. The van der Waals surface area contributed by atoms with E-state index in [1.807, 2.05) is 30.3 Å². The number of pyridine rings is 1. The lowest BCUT2D eigenvalue weighted by molar-refractivity contribution is -0.120. The number of rotatable bonds is 1. The summed E-state index contributed by atoms with van der Waals surface area (Å²) in [5.41, 5.74) is 1.70. The molecule has 0 saturated heterocycles. The van der Waals surface area contributed by atoms with Crippen LogP contribution < -0.4 is 5.56 Å².